The molecule has 1 fully saturated rings. The fraction of sp³-hybridized carbons (Fsp3) is 0.429. The van der Waals surface area contributed by atoms with E-state index >= 15 is 0 Å². The highest BCUT2D eigenvalue weighted by Crippen LogP contribution is 2.12. The van der Waals surface area contributed by atoms with Crippen molar-refractivity contribution in [3.05, 3.63) is 52.7 Å². The van der Waals surface area contributed by atoms with Gasteiger partial charge in [-0.1, -0.05) is 41.4 Å². The largest absolute Gasteiger partial charge is 0.454 e. The summed E-state index contributed by atoms with van der Waals surface area (Å²) >= 11 is 5.71. The van der Waals surface area contributed by atoms with Crippen LogP contribution in [-0.2, 0) is 20.9 Å². The molecule has 3 rings (SSSR count). The number of carbonyl (C=O) groups excluding carboxylic acids is 2. The van der Waals surface area contributed by atoms with Gasteiger partial charge in [0.2, 0.25) is 0 Å². The third kappa shape index (κ3) is 6.40. The molecule has 1 aromatic carbocycles. The number of halogens is 1. The topological polar surface area (TPSA) is 78.9 Å². The lowest BCUT2D eigenvalue weighted by atomic mass is 10.1. The van der Waals surface area contributed by atoms with Gasteiger partial charge in [0.15, 0.2) is 17.6 Å². The van der Waals surface area contributed by atoms with Gasteiger partial charge in [-0.15, -0.1) is 10.2 Å². The van der Waals surface area contributed by atoms with Crippen LogP contribution < -0.4 is 4.90 Å². The molecule has 1 aromatic heterocycles. The lowest BCUT2D eigenvalue weighted by Crippen LogP contribution is -2.49. The number of hydrogen-bond acceptors (Lipinski definition) is 7. The van der Waals surface area contributed by atoms with Crippen LogP contribution in [0, 0.1) is 6.92 Å². The highest BCUT2D eigenvalue weighted by atomic mass is 35.5. The summed E-state index contributed by atoms with van der Waals surface area (Å²) in [5.41, 5.74) is 2.52. The third-order valence-corrected chi connectivity index (χ3v) is 5.15. The SMILES string of the molecule is Cc1cccc(CN2CCN(C(=O)COC(=O)CN(C)c3ccc(Cl)nn3)CC2)c1. The van der Waals surface area contributed by atoms with Crippen molar-refractivity contribution in [1.82, 2.24) is 20.0 Å². The van der Waals surface area contributed by atoms with Crippen molar-refractivity contribution in [1.29, 1.82) is 0 Å². The highest BCUT2D eigenvalue weighted by Gasteiger charge is 2.22. The first kappa shape index (κ1) is 22.0. The number of likely N-dealkylation sites (N-methyl/N-ethyl adjacent to an activating group) is 1. The lowest BCUT2D eigenvalue weighted by Gasteiger charge is -2.34. The smallest absolute Gasteiger partial charge is 0.326 e. The molecule has 2 aromatic rings. The Morgan fingerprint density at radius 1 is 1.13 bits per heavy atom. The summed E-state index contributed by atoms with van der Waals surface area (Å²) in [7, 11) is 1.69. The number of hydrogen-bond donors (Lipinski definition) is 0. The van der Waals surface area contributed by atoms with Gasteiger partial charge in [-0.3, -0.25) is 14.5 Å². The molecule has 0 spiro atoms. The van der Waals surface area contributed by atoms with E-state index in [0.29, 0.717) is 18.9 Å². The Bertz CT molecular complexity index is 869. The van der Waals surface area contributed by atoms with Crippen molar-refractivity contribution in [3.63, 3.8) is 0 Å². The van der Waals surface area contributed by atoms with Crippen LogP contribution in [0.5, 0.6) is 0 Å². The highest BCUT2D eigenvalue weighted by molar-refractivity contribution is 6.29. The van der Waals surface area contributed by atoms with Gasteiger partial charge in [0, 0.05) is 39.8 Å². The minimum absolute atomic E-state index is 0.0339. The van der Waals surface area contributed by atoms with E-state index in [1.807, 2.05) is 0 Å². The molecule has 0 saturated carbocycles. The molecule has 1 aliphatic rings. The van der Waals surface area contributed by atoms with E-state index in [1.54, 1.807) is 29.0 Å². The number of rotatable bonds is 7. The van der Waals surface area contributed by atoms with Crippen molar-refractivity contribution in [2.24, 2.45) is 0 Å². The Balaban J connectivity index is 1.38. The number of aromatic nitrogens is 2. The van der Waals surface area contributed by atoms with Crippen LogP contribution in [0.25, 0.3) is 0 Å². The average Bonchev–Trinajstić information content (AvgIpc) is 2.73. The van der Waals surface area contributed by atoms with Crippen molar-refractivity contribution in [3.8, 4) is 0 Å². The molecule has 8 nitrogen and oxygen atoms in total. The number of nitrogens with zero attached hydrogens (tertiary/aromatic N) is 5. The molecule has 1 amide bonds. The zero-order valence-electron chi connectivity index (χ0n) is 17.3. The molecule has 2 heterocycles. The molecular formula is C21H26ClN5O3. The van der Waals surface area contributed by atoms with Gasteiger partial charge < -0.3 is 14.5 Å². The van der Waals surface area contributed by atoms with E-state index in [2.05, 4.69) is 46.3 Å². The summed E-state index contributed by atoms with van der Waals surface area (Å²) in [6, 6.07) is 11.7. The Hall–Kier alpha value is -2.71. The normalized spacial score (nSPS) is 14.4. The number of anilines is 1. The van der Waals surface area contributed by atoms with E-state index in [0.717, 1.165) is 19.6 Å². The lowest BCUT2D eigenvalue weighted by molar-refractivity contribution is -0.151. The van der Waals surface area contributed by atoms with E-state index in [-0.39, 0.29) is 24.2 Å². The van der Waals surface area contributed by atoms with E-state index in [4.69, 9.17) is 16.3 Å². The molecule has 1 saturated heterocycles. The number of aryl methyl sites for hydroxylation is 1. The number of carbonyl (C=O) groups is 2. The average molecular weight is 432 g/mol. The third-order valence-electron chi connectivity index (χ3n) is 4.95. The predicted octanol–water partition coefficient (Wildman–Crippen LogP) is 1.76. The van der Waals surface area contributed by atoms with Crippen LogP contribution >= 0.6 is 11.6 Å². The van der Waals surface area contributed by atoms with Crippen LogP contribution in [0.4, 0.5) is 5.82 Å². The fourth-order valence-electron chi connectivity index (χ4n) is 3.29. The number of esters is 1. The molecule has 1 aliphatic heterocycles. The second kappa shape index (κ2) is 10.4. The van der Waals surface area contributed by atoms with Gasteiger partial charge in [0.05, 0.1) is 0 Å². The van der Waals surface area contributed by atoms with Gasteiger partial charge in [0.1, 0.15) is 6.54 Å². The Kier molecular flexibility index (Phi) is 7.59. The predicted molar refractivity (Wildman–Crippen MR) is 114 cm³/mol. The number of amides is 1. The molecule has 160 valence electrons. The van der Waals surface area contributed by atoms with E-state index in [9.17, 15) is 9.59 Å². The summed E-state index contributed by atoms with van der Waals surface area (Å²) in [4.78, 5) is 30.1. The Morgan fingerprint density at radius 3 is 2.57 bits per heavy atom. The maximum atomic E-state index is 12.4. The summed E-state index contributed by atoms with van der Waals surface area (Å²) < 4.78 is 5.15. The van der Waals surface area contributed by atoms with E-state index in [1.165, 1.54) is 11.1 Å². The van der Waals surface area contributed by atoms with Gasteiger partial charge in [0.25, 0.3) is 5.91 Å². The monoisotopic (exact) mass is 431 g/mol. The van der Waals surface area contributed by atoms with Crippen LogP contribution in [-0.4, -0.2) is 78.3 Å². The van der Waals surface area contributed by atoms with Crippen LogP contribution in [0.15, 0.2) is 36.4 Å². The molecule has 0 N–H and O–H groups in total. The molecule has 0 unspecified atom stereocenters. The van der Waals surface area contributed by atoms with Crippen molar-refractivity contribution >= 4 is 29.3 Å². The zero-order valence-corrected chi connectivity index (χ0v) is 18.0. The zero-order chi connectivity index (χ0) is 21.5. The number of benzene rings is 1. The van der Waals surface area contributed by atoms with Crippen LogP contribution in [0.3, 0.4) is 0 Å². The Labute approximate surface area is 181 Å². The van der Waals surface area contributed by atoms with Crippen molar-refractivity contribution in [2.45, 2.75) is 13.5 Å². The first-order valence-electron chi connectivity index (χ1n) is 9.82. The summed E-state index contributed by atoms with van der Waals surface area (Å²) in [6.07, 6.45) is 0. The van der Waals surface area contributed by atoms with Gasteiger partial charge in [-0.25, -0.2) is 0 Å². The van der Waals surface area contributed by atoms with Crippen LogP contribution in [0.2, 0.25) is 5.15 Å². The van der Waals surface area contributed by atoms with Crippen LogP contribution in [0.1, 0.15) is 11.1 Å². The fourth-order valence-corrected chi connectivity index (χ4v) is 3.39. The molecule has 9 heteroatoms. The molecule has 0 aliphatic carbocycles. The maximum Gasteiger partial charge on any atom is 0.326 e. The molecule has 0 bridgehead atoms. The van der Waals surface area contributed by atoms with Crippen molar-refractivity contribution in [2.75, 3.05) is 51.3 Å². The van der Waals surface area contributed by atoms with Gasteiger partial charge in [-0.05, 0) is 24.6 Å². The van der Waals surface area contributed by atoms with E-state index < -0.39 is 5.97 Å². The van der Waals surface area contributed by atoms with Crippen molar-refractivity contribution < 1.29 is 14.3 Å². The molecule has 0 radical (unpaired) electrons. The minimum atomic E-state index is -0.499. The molecule has 30 heavy (non-hydrogen) atoms. The second-order valence-electron chi connectivity index (χ2n) is 7.38. The number of ether oxygens (including phenoxy) is 1. The van der Waals surface area contributed by atoms with Gasteiger partial charge >= 0.3 is 5.97 Å². The Morgan fingerprint density at radius 2 is 1.90 bits per heavy atom. The van der Waals surface area contributed by atoms with Gasteiger partial charge in [-0.2, -0.15) is 0 Å². The first-order chi connectivity index (χ1) is 14.4. The summed E-state index contributed by atoms with van der Waals surface area (Å²) in [6.45, 7) is 5.52. The number of piperazine rings is 1. The summed E-state index contributed by atoms with van der Waals surface area (Å²) in [5, 5.41) is 7.91. The maximum absolute atomic E-state index is 12.4. The summed E-state index contributed by atoms with van der Waals surface area (Å²) in [5.74, 6) is -0.180. The quantitative estimate of drug-likeness (QED) is 0.618. The molecular weight excluding hydrogens is 406 g/mol. The molecule has 0 atom stereocenters. The first-order valence-corrected chi connectivity index (χ1v) is 10.2. The minimum Gasteiger partial charge on any atom is -0.454 e. The standard InChI is InChI=1S/C21H26ClN5O3/c1-16-4-3-5-17(12-16)13-26-8-10-27(11-9-26)20(28)15-30-21(29)14-25(2)19-7-6-18(22)23-24-19/h3-7,12H,8-11,13-15H2,1-2H3. The second-order valence-corrected chi connectivity index (χ2v) is 7.76.